The molecule has 2 amide bonds. The second-order valence-corrected chi connectivity index (χ2v) is 13.4. The molecule has 1 spiro atoms. The predicted molar refractivity (Wildman–Crippen MR) is 148 cm³/mol. The Morgan fingerprint density at radius 2 is 1.74 bits per heavy atom. The summed E-state index contributed by atoms with van der Waals surface area (Å²) in [6.07, 6.45) is 8.29. The molecule has 212 valence electrons. The van der Waals surface area contributed by atoms with E-state index in [4.69, 9.17) is 0 Å². The first-order valence-corrected chi connectivity index (χ1v) is 16.0. The molecule has 38 heavy (non-hydrogen) atoms. The lowest BCUT2D eigenvalue weighted by Crippen LogP contribution is -2.75. The molecule has 2 N–H and O–H groups in total. The van der Waals surface area contributed by atoms with E-state index < -0.39 is 27.7 Å². The van der Waals surface area contributed by atoms with Crippen molar-refractivity contribution in [1.29, 1.82) is 0 Å². The molecule has 1 aromatic rings. The maximum atomic E-state index is 13.8. The smallest absolute Gasteiger partial charge is 0.248 e. The fraction of sp³-hybridized carbons (Fsp3) is 0.714. The Bertz CT molecular complexity index is 1080. The molecule has 0 aromatic heterocycles. The maximum Gasteiger partial charge on any atom is 0.248 e. The van der Waals surface area contributed by atoms with Gasteiger partial charge in [0, 0.05) is 33.2 Å². The molecule has 0 unspecified atom stereocenters. The van der Waals surface area contributed by atoms with Crippen molar-refractivity contribution >= 4 is 27.5 Å². The van der Waals surface area contributed by atoms with Crippen molar-refractivity contribution in [1.82, 2.24) is 15.1 Å². The molecule has 10 heteroatoms. The topological polar surface area (TPSA) is 110 Å². The summed E-state index contributed by atoms with van der Waals surface area (Å²) < 4.78 is 24.9. The average molecular weight is 549 g/mol. The third kappa shape index (κ3) is 6.02. The van der Waals surface area contributed by atoms with Crippen molar-refractivity contribution in [3.63, 3.8) is 0 Å². The minimum absolute atomic E-state index is 0.0607. The van der Waals surface area contributed by atoms with Gasteiger partial charge >= 0.3 is 0 Å². The highest BCUT2D eigenvalue weighted by molar-refractivity contribution is 7.92. The van der Waals surface area contributed by atoms with Gasteiger partial charge in [0.15, 0.2) is 0 Å². The third-order valence-corrected chi connectivity index (χ3v) is 10.1. The van der Waals surface area contributed by atoms with Gasteiger partial charge in [-0.05, 0) is 55.7 Å². The zero-order valence-electron chi connectivity index (χ0n) is 23.1. The second-order valence-electron chi connectivity index (χ2n) is 11.4. The number of sulfonamides is 1. The van der Waals surface area contributed by atoms with Crippen LogP contribution in [0.3, 0.4) is 0 Å². The Balaban J connectivity index is 1.43. The van der Waals surface area contributed by atoms with Crippen molar-refractivity contribution < 1.29 is 23.1 Å². The van der Waals surface area contributed by atoms with Crippen molar-refractivity contribution in [2.45, 2.75) is 88.9 Å². The van der Waals surface area contributed by atoms with Crippen molar-refractivity contribution in [3.8, 4) is 0 Å². The summed E-state index contributed by atoms with van der Waals surface area (Å²) in [4.78, 5) is 31.5. The number of anilines is 1. The van der Waals surface area contributed by atoms with E-state index >= 15 is 0 Å². The Morgan fingerprint density at radius 3 is 2.32 bits per heavy atom. The first-order chi connectivity index (χ1) is 18.1. The molecular formula is C28H44N4O5S. The molecule has 0 bridgehead atoms. The van der Waals surface area contributed by atoms with Gasteiger partial charge in [-0.3, -0.25) is 18.8 Å². The number of unbranched alkanes of at least 4 members (excludes halogenated alkanes) is 1. The summed E-state index contributed by atoms with van der Waals surface area (Å²) in [6.45, 7) is 4.64. The van der Waals surface area contributed by atoms with Crippen LogP contribution in [0.2, 0.25) is 0 Å². The van der Waals surface area contributed by atoms with E-state index in [0.29, 0.717) is 44.7 Å². The Hall–Kier alpha value is -2.17. The van der Waals surface area contributed by atoms with Crippen molar-refractivity contribution in [2.24, 2.45) is 5.92 Å². The average Bonchev–Trinajstić information content (AvgIpc) is 2.91. The molecule has 1 saturated carbocycles. The highest BCUT2D eigenvalue weighted by atomic mass is 32.2. The zero-order valence-corrected chi connectivity index (χ0v) is 23.9. The number of aliphatic hydroxyl groups excluding tert-OH is 1. The predicted octanol–water partition coefficient (Wildman–Crippen LogP) is 2.49. The molecule has 2 aliphatic heterocycles. The third-order valence-electron chi connectivity index (χ3n) is 8.85. The largest absolute Gasteiger partial charge is 0.390 e. The van der Waals surface area contributed by atoms with Crippen LogP contribution in [0.25, 0.3) is 0 Å². The first kappa shape index (κ1) is 28.8. The Kier molecular flexibility index (Phi) is 9.04. The highest BCUT2D eigenvalue weighted by Gasteiger charge is 2.55. The highest BCUT2D eigenvalue weighted by Crippen LogP contribution is 2.36. The van der Waals surface area contributed by atoms with E-state index in [1.165, 1.54) is 17.6 Å². The van der Waals surface area contributed by atoms with Gasteiger partial charge in [-0.25, -0.2) is 8.42 Å². The molecule has 1 aliphatic carbocycles. The molecule has 3 fully saturated rings. The number of likely N-dealkylation sites (tertiary alicyclic amines) is 1. The van der Waals surface area contributed by atoms with E-state index in [0.717, 1.165) is 50.5 Å². The fourth-order valence-corrected chi connectivity index (χ4v) is 6.80. The van der Waals surface area contributed by atoms with Crippen LogP contribution in [-0.4, -0.2) is 85.8 Å². The monoisotopic (exact) mass is 548 g/mol. The number of amides is 2. The molecule has 2 heterocycles. The van der Waals surface area contributed by atoms with Gasteiger partial charge in [-0.15, -0.1) is 0 Å². The maximum absolute atomic E-state index is 13.8. The van der Waals surface area contributed by atoms with Crippen molar-refractivity contribution in [3.05, 3.63) is 29.8 Å². The molecule has 1 aromatic carbocycles. The SMILES string of the molecule is CCCCN1C(=O)[C@@H]([C@H](O)C2CCCCC2)NC(=O)C12CCN(Cc1ccc(N(C)S(C)(=O)=O)cc1)CC2. The van der Waals surface area contributed by atoms with Crippen LogP contribution < -0.4 is 9.62 Å². The molecule has 2 atom stereocenters. The van der Waals surface area contributed by atoms with Gasteiger partial charge in [0.2, 0.25) is 21.8 Å². The molecule has 2 saturated heterocycles. The molecule has 9 nitrogen and oxygen atoms in total. The summed E-state index contributed by atoms with van der Waals surface area (Å²) in [6, 6.07) is 6.62. The standard InChI is InChI=1S/C28H44N4O5S/c1-4-5-17-32-26(34)24(25(33)22-9-7-6-8-10-22)29-27(35)28(32)15-18-31(19-16-28)20-21-11-13-23(14-12-21)30(2)38(3,36)37/h11-14,22,24-25,33H,4-10,15-20H2,1-3H3,(H,29,35)/t24-,25-/m1/s1. The van der Waals surface area contributed by atoms with Gasteiger partial charge in [0.05, 0.1) is 18.0 Å². The quantitative estimate of drug-likeness (QED) is 0.491. The summed E-state index contributed by atoms with van der Waals surface area (Å²) in [7, 11) is -1.78. The van der Waals surface area contributed by atoms with E-state index in [1.807, 2.05) is 12.1 Å². The number of nitrogens with one attached hydrogen (secondary N) is 1. The van der Waals surface area contributed by atoms with Gasteiger partial charge in [-0.1, -0.05) is 44.7 Å². The first-order valence-electron chi connectivity index (χ1n) is 14.1. The number of piperazine rings is 1. The minimum atomic E-state index is -3.31. The molecule has 0 radical (unpaired) electrons. The Labute approximate surface area is 227 Å². The number of carbonyl (C=O) groups is 2. The van der Waals surface area contributed by atoms with E-state index in [-0.39, 0.29) is 17.7 Å². The number of hydrogen-bond donors (Lipinski definition) is 2. The van der Waals surface area contributed by atoms with Crippen LogP contribution in [0.5, 0.6) is 0 Å². The van der Waals surface area contributed by atoms with Crippen LogP contribution in [0.15, 0.2) is 24.3 Å². The summed E-state index contributed by atoms with van der Waals surface area (Å²) in [5.74, 6) is -0.193. The van der Waals surface area contributed by atoms with Gasteiger partial charge < -0.3 is 15.3 Å². The molecule has 4 rings (SSSR count). The van der Waals surface area contributed by atoms with E-state index in [2.05, 4.69) is 17.1 Å². The lowest BCUT2D eigenvalue weighted by Gasteiger charge is -2.52. The number of piperidine rings is 1. The van der Waals surface area contributed by atoms with Crippen LogP contribution in [-0.2, 0) is 26.2 Å². The van der Waals surface area contributed by atoms with Crippen LogP contribution in [0.1, 0.15) is 70.3 Å². The fourth-order valence-electron chi connectivity index (χ4n) is 6.30. The van der Waals surface area contributed by atoms with E-state index in [1.54, 1.807) is 17.0 Å². The molecular weight excluding hydrogens is 504 g/mol. The number of aliphatic hydroxyl groups is 1. The number of nitrogens with zero attached hydrogens (tertiary/aromatic N) is 3. The normalized spacial score (nSPS) is 23.9. The van der Waals surface area contributed by atoms with Gasteiger partial charge in [0.1, 0.15) is 11.6 Å². The van der Waals surface area contributed by atoms with Crippen LogP contribution >= 0.6 is 0 Å². The summed E-state index contributed by atoms with van der Waals surface area (Å²) in [5, 5.41) is 14.1. The second kappa shape index (κ2) is 11.9. The van der Waals surface area contributed by atoms with Gasteiger partial charge in [-0.2, -0.15) is 0 Å². The van der Waals surface area contributed by atoms with E-state index in [9.17, 15) is 23.1 Å². The summed E-state index contributed by atoms with van der Waals surface area (Å²) >= 11 is 0. The zero-order chi connectivity index (χ0) is 27.5. The van der Waals surface area contributed by atoms with Crippen LogP contribution in [0, 0.1) is 5.92 Å². The van der Waals surface area contributed by atoms with Crippen molar-refractivity contribution in [2.75, 3.05) is 37.2 Å². The minimum Gasteiger partial charge on any atom is -0.390 e. The number of rotatable bonds is 9. The number of hydrogen-bond acceptors (Lipinski definition) is 6. The van der Waals surface area contributed by atoms with Gasteiger partial charge in [0.25, 0.3) is 0 Å². The number of benzene rings is 1. The Morgan fingerprint density at radius 1 is 1.11 bits per heavy atom. The van der Waals surface area contributed by atoms with Crippen LogP contribution in [0.4, 0.5) is 5.69 Å². The molecule has 3 aliphatic rings. The number of carbonyl (C=O) groups excluding carboxylic acids is 2. The summed E-state index contributed by atoms with van der Waals surface area (Å²) in [5.41, 5.74) is 0.810. The lowest BCUT2D eigenvalue weighted by atomic mass is 9.78. The lowest BCUT2D eigenvalue weighted by molar-refractivity contribution is -0.166.